The number of aliphatic hydroxyl groups is 1. The first-order valence-electron chi connectivity index (χ1n) is 4.15. The van der Waals surface area contributed by atoms with Crippen molar-refractivity contribution < 1.29 is 33.8 Å². The molecule has 8 nitrogen and oxygen atoms in total. The van der Waals surface area contributed by atoms with E-state index in [1.807, 2.05) is 0 Å². The topological polar surface area (TPSA) is 148 Å². The molecule has 98 valence electrons. The summed E-state index contributed by atoms with van der Waals surface area (Å²) in [4.78, 5) is 38.9. The second-order valence-corrected chi connectivity index (χ2v) is 6.81. The van der Waals surface area contributed by atoms with Gasteiger partial charge in [-0.1, -0.05) is 12.2 Å². The van der Waals surface area contributed by atoms with Crippen LogP contribution in [-0.2, 0) is 9.13 Å². The normalized spacial score (nSPS) is 15.3. The molecule has 0 saturated heterocycles. The summed E-state index contributed by atoms with van der Waals surface area (Å²) in [5.74, 6) is 0. The minimum absolute atomic E-state index is 0.665. The summed E-state index contributed by atoms with van der Waals surface area (Å²) < 4.78 is 22.2. The van der Waals surface area contributed by atoms with E-state index in [-0.39, 0.29) is 0 Å². The fourth-order valence-corrected chi connectivity index (χ4v) is 3.32. The van der Waals surface area contributed by atoms with Gasteiger partial charge >= 0.3 is 15.2 Å². The zero-order chi connectivity index (χ0) is 13.9. The van der Waals surface area contributed by atoms with Crippen molar-refractivity contribution in [2.24, 2.45) is 4.99 Å². The molecule has 0 atom stereocenters. The predicted octanol–water partition coefficient (Wildman–Crippen LogP) is 0.148. The maximum absolute atomic E-state index is 11.1. The van der Waals surface area contributed by atoms with Gasteiger partial charge < -0.3 is 24.7 Å². The Bertz CT molecular complexity index is 421. The molecule has 0 rings (SSSR count). The summed E-state index contributed by atoms with van der Waals surface area (Å²) in [5, 5.41) is 6.04. The molecule has 0 amide bonds. The van der Waals surface area contributed by atoms with Crippen LogP contribution in [0.1, 0.15) is 6.92 Å². The SMILES string of the molecule is C=N/C=C(\C=C/C)C(O)(P(=O)(O)O)P(=O)(O)O. The molecule has 0 unspecified atom stereocenters. The van der Waals surface area contributed by atoms with Crippen molar-refractivity contribution in [3.63, 3.8) is 0 Å². The van der Waals surface area contributed by atoms with Gasteiger partial charge in [0.25, 0.3) is 5.08 Å². The molecule has 5 N–H and O–H groups in total. The minimum Gasteiger partial charge on any atom is -0.364 e. The molecule has 0 heterocycles. The van der Waals surface area contributed by atoms with Crippen LogP contribution in [0.25, 0.3) is 0 Å². The summed E-state index contributed by atoms with van der Waals surface area (Å²) in [5.41, 5.74) is -0.725. The van der Waals surface area contributed by atoms with Gasteiger partial charge in [-0.05, 0) is 13.6 Å². The molecule has 0 radical (unpaired) electrons. The second kappa shape index (κ2) is 5.37. The first-order valence-corrected chi connectivity index (χ1v) is 7.37. The van der Waals surface area contributed by atoms with E-state index in [2.05, 4.69) is 11.7 Å². The molecule has 0 aromatic heterocycles. The lowest BCUT2D eigenvalue weighted by Gasteiger charge is -2.29. The Morgan fingerprint density at radius 2 is 1.65 bits per heavy atom. The standard InChI is InChI=1S/C7H13NO7P2/c1-3-4-6(5-8-2)7(9,16(10,11)12)17(13,14)15/h3-5,9H,2H2,1H3,(H2,10,11,12)(H2,13,14,15)/b4-3-,6-5+. The van der Waals surface area contributed by atoms with Crippen LogP contribution in [0.15, 0.2) is 28.9 Å². The van der Waals surface area contributed by atoms with Crippen molar-refractivity contribution in [1.82, 2.24) is 0 Å². The van der Waals surface area contributed by atoms with E-state index in [0.717, 1.165) is 6.08 Å². The van der Waals surface area contributed by atoms with Gasteiger partial charge in [-0.2, -0.15) is 0 Å². The third kappa shape index (κ3) is 3.20. The van der Waals surface area contributed by atoms with Crippen LogP contribution in [-0.4, -0.2) is 36.5 Å². The van der Waals surface area contributed by atoms with Crippen LogP contribution in [0.4, 0.5) is 0 Å². The van der Waals surface area contributed by atoms with E-state index < -0.39 is 25.8 Å². The van der Waals surface area contributed by atoms with Crippen molar-refractivity contribution in [1.29, 1.82) is 0 Å². The molecular weight excluding hydrogens is 272 g/mol. The third-order valence-electron chi connectivity index (χ3n) is 1.78. The average Bonchev–Trinajstić information content (AvgIpc) is 2.12. The summed E-state index contributed by atoms with van der Waals surface area (Å²) in [6.07, 6.45) is 2.82. The Morgan fingerprint density at radius 3 is 1.88 bits per heavy atom. The Hall–Kier alpha value is -0.590. The predicted molar refractivity (Wildman–Crippen MR) is 61.5 cm³/mol. The highest BCUT2D eigenvalue weighted by Gasteiger charge is 2.61. The Kier molecular flexibility index (Phi) is 5.18. The largest absolute Gasteiger partial charge is 0.374 e. The van der Waals surface area contributed by atoms with E-state index in [1.165, 1.54) is 13.0 Å². The highest BCUT2D eigenvalue weighted by atomic mass is 31.2. The van der Waals surface area contributed by atoms with E-state index in [1.54, 1.807) is 0 Å². The van der Waals surface area contributed by atoms with Gasteiger partial charge in [0, 0.05) is 11.8 Å². The maximum Gasteiger partial charge on any atom is 0.374 e. The van der Waals surface area contributed by atoms with Crippen LogP contribution in [0, 0.1) is 0 Å². The average molecular weight is 285 g/mol. The number of hydrogen-bond donors (Lipinski definition) is 5. The summed E-state index contributed by atoms with van der Waals surface area (Å²) in [6.45, 7) is 4.41. The van der Waals surface area contributed by atoms with Gasteiger partial charge in [-0.15, -0.1) is 0 Å². The van der Waals surface area contributed by atoms with Crippen molar-refractivity contribution in [3.8, 4) is 0 Å². The number of allylic oxidation sites excluding steroid dienone is 1. The van der Waals surface area contributed by atoms with E-state index >= 15 is 0 Å². The molecule has 0 spiro atoms. The second-order valence-electron chi connectivity index (χ2n) is 2.99. The van der Waals surface area contributed by atoms with Crippen LogP contribution >= 0.6 is 15.2 Å². The first kappa shape index (κ1) is 16.4. The molecule has 0 aliphatic carbocycles. The van der Waals surface area contributed by atoms with Crippen LogP contribution in [0.2, 0.25) is 0 Å². The monoisotopic (exact) mass is 285 g/mol. The summed E-state index contributed by atoms with van der Waals surface area (Å²) in [6, 6.07) is 0. The van der Waals surface area contributed by atoms with E-state index in [0.29, 0.717) is 6.20 Å². The van der Waals surface area contributed by atoms with Gasteiger partial charge in [-0.25, -0.2) is 0 Å². The van der Waals surface area contributed by atoms with Crippen LogP contribution < -0.4 is 0 Å². The van der Waals surface area contributed by atoms with E-state index in [4.69, 9.17) is 19.6 Å². The lowest BCUT2D eigenvalue weighted by atomic mass is 10.3. The van der Waals surface area contributed by atoms with Crippen molar-refractivity contribution >= 4 is 21.9 Å². The van der Waals surface area contributed by atoms with Gasteiger partial charge in [-0.3, -0.25) is 14.1 Å². The van der Waals surface area contributed by atoms with Crippen LogP contribution in [0.5, 0.6) is 0 Å². The molecular formula is C7H13NO7P2. The quantitative estimate of drug-likeness (QED) is 0.274. The molecule has 0 saturated carbocycles. The van der Waals surface area contributed by atoms with Crippen molar-refractivity contribution in [2.45, 2.75) is 12.0 Å². The van der Waals surface area contributed by atoms with Gasteiger partial charge in [0.15, 0.2) is 0 Å². The molecule has 0 fully saturated rings. The fraction of sp³-hybridized carbons (Fsp3) is 0.286. The minimum atomic E-state index is -5.54. The van der Waals surface area contributed by atoms with Gasteiger partial charge in [0.05, 0.1) is 0 Å². The molecule has 0 aromatic carbocycles. The first-order chi connectivity index (χ1) is 7.52. The number of nitrogens with zero attached hydrogens (tertiary/aromatic N) is 1. The molecule has 0 aromatic rings. The highest BCUT2D eigenvalue weighted by Crippen LogP contribution is 2.70. The number of aliphatic imine (C=N–C) groups is 1. The summed E-state index contributed by atoms with van der Waals surface area (Å²) >= 11 is 0. The Labute approximate surface area is 97.3 Å². The zero-order valence-electron chi connectivity index (χ0n) is 8.83. The fourth-order valence-electron chi connectivity index (χ4n) is 1.03. The molecule has 10 heteroatoms. The molecule has 0 bridgehead atoms. The number of rotatable bonds is 5. The Morgan fingerprint density at radius 1 is 1.24 bits per heavy atom. The molecule has 0 aliphatic heterocycles. The zero-order valence-corrected chi connectivity index (χ0v) is 10.6. The van der Waals surface area contributed by atoms with Gasteiger partial charge in [0.1, 0.15) is 0 Å². The lowest BCUT2D eigenvalue weighted by Crippen LogP contribution is -2.30. The van der Waals surface area contributed by atoms with Gasteiger partial charge in [0.2, 0.25) is 0 Å². The molecule has 0 aliphatic rings. The Balaban J connectivity index is 6.16. The lowest BCUT2D eigenvalue weighted by molar-refractivity contribution is 0.161. The number of hydrogen-bond acceptors (Lipinski definition) is 4. The van der Waals surface area contributed by atoms with Crippen molar-refractivity contribution in [2.75, 3.05) is 0 Å². The molecule has 17 heavy (non-hydrogen) atoms. The smallest absolute Gasteiger partial charge is 0.364 e. The van der Waals surface area contributed by atoms with Crippen LogP contribution in [0.3, 0.4) is 0 Å². The highest BCUT2D eigenvalue weighted by molar-refractivity contribution is 7.72. The summed E-state index contributed by atoms with van der Waals surface area (Å²) in [7, 11) is -11.1. The third-order valence-corrected chi connectivity index (χ3v) is 5.48. The maximum atomic E-state index is 11.1. The van der Waals surface area contributed by atoms with Crippen molar-refractivity contribution in [3.05, 3.63) is 23.9 Å². The van der Waals surface area contributed by atoms with E-state index in [9.17, 15) is 14.2 Å².